The Labute approximate surface area is 176 Å². The molecule has 0 radical (unpaired) electrons. The maximum atomic E-state index is 13.4. The van der Waals surface area contributed by atoms with Crippen molar-refractivity contribution in [1.29, 1.82) is 0 Å². The van der Waals surface area contributed by atoms with Crippen LogP contribution in [-0.4, -0.2) is 58.3 Å². The molecule has 2 amide bonds. The van der Waals surface area contributed by atoms with E-state index in [-0.39, 0.29) is 23.5 Å². The van der Waals surface area contributed by atoms with Crippen LogP contribution in [0.5, 0.6) is 5.75 Å². The van der Waals surface area contributed by atoms with Crippen LogP contribution in [-0.2, 0) is 11.3 Å². The molecule has 2 aromatic rings. The summed E-state index contributed by atoms with van der Waals surface area (Å²) in [4.78, 5) is 38.2. The van der Waals surface area contributed by atoms with Crippen molar-refractivity contribution in [3.63, 3.8) is 0 Å². The van der Waals surface area contributed by atoms with Gasteiger partial charge in [-0.05, 0) is 49.9 Å². The van der Waals surface area contributed by atoms with Gasteiger partial charge in [-0.1, -0.05) is 12.1 Å². The van der Waals surface area contributed by atoms with Crippen molar-refractivity contribution in [3.8, 4) is 5.75 Å². The number of nitrogen functional groups attached to an aromatic ring is 1. The molecule has 2 aliphatic rings. The Morgan fingerprint density at radius 2 is 2.07 bits per heavy atom. The van der Waals surface area contributed by atoms with E-state index in [0.717, 1.165) is 30.7 Å². The number of likely N-dealkylation sites (tertiary alicyclic amines) is 2. The molecule has 2 fully saturated rings. The van der Waals surface area contributed by atoms with E-state index >= 15 is 0 Å². The number of benzene rings is 1. The Hall–Kier alpha value is -3.16. The number of hydrogen-bond donors (Lipinski definition) is 1. The SMILES string of the molecule is COc1cccc(CN2CCC[C@]3(CCN(C(=O)c4cc(C)nc(N)n4)C3)C2=O)c1. The maximum Gasteiger partial charge on any atom is 0.272 e. The summed E-state index contributed by atoms with van der Waals surface area (Å²) in [5.41, 5.74) is 7.17. The number of carbonyl (C=O) groups excluding carboxylic acids is 2. The normalized spacial score (nSPS) is 21.3. The first-order valence-electron chi connectivity index (χ1n) is 10.2. The summed E-state index contributed by atoms with van der Waals surface area (Å²) in [5.74, 6) is 0.807. The van der Waals surface area contributed by atoms with Gasteiger partial charge in [-0.15, -0.1) is 0 Å². The van der Waals surface area contributed by atoms with E-state index in [1.807, 2.05) is 29.2 Å². The van der Waals surface area contributed by atoms with Gasteiger partial charge in [0, 0.05) is 31.9 Å². The van der Waals surface area contributed by atoms with Gasteiger partial charge in [-0.2, -0.15) is 0 Å². The Morgan fingerprint density at radius 3 is 2.83 bits per heavy atom. The summed E-state index contributed by atoms with van der Waals surface area (Å²) >= 11 is 0. The number of anilines is 1. The van der Waals surface area contributed by atoms with Crippen LogP contribution in [0.3, 0.4) is 0 Å². The van der Waals surface area contributed by atoms with Crippen LogP contribution in [0.25, 0.3) is 0 Å². The minimum atomic E-state index is -0.513. The van der Waals surface area contributed by atoms with Gasteiger partial charge >= 0.3 is 0 Å². The monoisotopic (exact) mass is 409 g/mol. The average molecular weight is 409 g/mol. The van der Waals surface area contributed by atoms with Crippen LogP contribution < -0.4 is 10.5 Å². The molecule has 3 heterocycles. The summed E-state index contributed by atoms with van der Waals surface area (Å²) in [6.45, 7) is 4.02. The third-order valence-electron chi connectivity index (χ3n) is 6.06. The second-order valence-corrected chi connectivity index (χ2v) is 8.19. The van der Waals surface area contributed by atoms with Gasteiger partial charge in [0.25, 0.3) is 5.91 Å². The molecule has 158 valence electrons. The van der Waals surface area contributed by atoms with E-state index in [2.05, 4.69) is 9.97 Å². The second-order valence-electron chi connectivity index (χ2n) is 8.19. The molecular weight excluding hydrogens is 382 g/mol. The number of piperidine rings is 1. The Morgan fingerprint density at radius 1 is 1.23 bits per heavy atom. The fourth-order valence-corrected chi connectivity index (χ4v) is 4.58. The highest BCUT2D eigenvalue weighted by molar-refractivity contribution is 5.94. The van der Waals surface area contributed by atoms with Crippen molar-refractivity contribution in [2.45, 2.75) is 32.7 Å². The predicted octanol–water partition coefficient (Wildman–Crippen LogP) is 2.03. The van der Waals surface area contributed by atoms with Crippen molar-refractivity contribution in [2.75, 3.05) is 32.5 Å². The van der Waals surface area contributed by atoms with E-state index < -0.39 is 5.41 Å². The van der Waals surface area contributed by atoms with Gasteiger partial charge in [-0.3, -0.25) is 9.59 Å². The Kier molecular flexibility index (Phi) is 5.32. The van der Waals surface area contributed by atoms with Crippen molar-refractivity contribution >= 4 is 17.8 Å². The highest BCUT2D eigenvalue weighted by Gasteiger charge is 2.49. The topological polar surface area (TPSA) is 102 Å². The van der Waals surface area contributed by atoms with Crippen molar-refractivity contribution in [3.05, 3.63) is 47.3 Å². The zero-order chi connectivity index (χ0) is 21.3. The highest BCUT2D eigenvalue weighted by Crippen LogP contribution is 2.41. The maximum absolute atomic E-state index is 13.4. The molecule has 1 aromatic carbocycles. The average Bonchev–Trinajstić information content (AvgIpc) is 3.15. The minimum absolute atomic E-state index is 0.0884. The van der Waals surface area contributed by atoms with Gasteiger partial charge in [-0.25, -0.2) is 9.97 Å². The molecular formula is C22H27N5O3. The molecule has 0 bridgehead atoms. The lowest BCUT2D eigenvalue weighted by atomic mass is 9.78. The molecule has 0 unspecified atom stereocenters. The molecule has 2 saturated heterocycles. The number of aryl methyl sites for hydroxylation is 1. The number of nitrogens with two attached hydrogens (primary N) is 1. The van der Waals surface area contributed by atoms with E-state index in [1.165, 1.54) is 0 Å². The lowest BCUT2D eigenvalue weighted by molar-refractivity contribution is -0.146. The predicted molar refractivity (Wildman–Crippen MR) is 112 cm³/mol. The molecule has 0 saturated carbocycles. The lowest BCUT2D eigenvalue weighted by Crippen LogP contribution is -2.50. The van der Waals surface area contributed by atoms with E-state index in [1.54, 1.807) is 25.0 Å². The van der Waals surface area contributed by atoms with Crippen LogP contribution in [0.15, 0.2) is 30.3 Å². The molecule has 30 heavy (non-hydrogen) atoms. The first kappa shape index (κ1) is 20.1. The molecule has 1 spiro atoms. The highest BCUT2D eigenvalue weighted by atomic mass is 16.5. The largest absolute Gasteiger partial charge is 0.497 e. The third-order valence-corrected chi connectivity index (χ3v) is 6.06. The summed E-state index contributed by atoms with van der Waals surface area (Å²) in [7, 11) is 1.64. The van der Waals surface area contributed by atoms with E-state index in [4.69, 9.17) is 10.5 Å². The standard InChI is InChI=1S/C22H27N5O3/c1-15-11-18(25-21(23)24-15)19(28)27-10-8-22(14-27)7-4-9-26(20(22)29)13-16-5-3-6-17(12-16)30-2/h3,5-6,11-12H,4,7-10,13-14H2,1-2H3,(H2,23,24,25)/t22-/m1/s1. The number of rotatable bonds is 4. The van der Waals surface area contributed by atoms with E-state index in [0.29, 0.717) is 31.7 Å². The van der Waals surface area contributed by atoms with Gasteiger partial charge in [0.05, 0.1) is 12.5 Å². The smallest absolute Gasteiger partial charge is 0.272 e. The summed E-state index contributed by atoms with van der Waals surface area (Å²) < 4.78 is 5.30. The van der Waals surface area contributed by atoms with Gasteiger partial charge < -0.3 is 20.3 Å². The first-order valence-corrected chi connectivity index (χ1v) is 10.2. The quantitative estimate of drug-likeness (QED) is 0.829. The lowest BCUT2D eigenvalue weighted by Gasteiger charge is -2.39. The fourth-order valence-electron chi connectivity index (χ4n) is 4.58. The number of amides is 2. The number of aromatic nitrogens is 2. The Bertz CT molecular complexity index is 959. The number of nitrogens with zero attached hydrogens (tertiary/aromatic N) is 4. The number of hydrogen-bond acceptors (Lipinski definition) is 6. The summed E-state index contributed by atoms with van der Waals surface area (Å²) in [6.07, 6.45) is 2.40. The van der Waals surface area contributed by atoms with Gasteiger partial charge in [0.2, 0.25) is 11.9 Å². The fraction of sp³-hybridized carbons (Fsp3) is 0.455. The van der Waals surface area contributed by atoms with Crippen LogP contribution in [0.1, 0.15) is 41.0 Å². The molecule has 1 aromatic heterocycles. The molecule has 2 aliphatic heterocycles. The summed E-state index contributed by atoms with van der Waals surface area (Å²) in [6, 6.07) is 9.43. The van der Waals surface area contributed by atoms with E-state index in [9.17, 15) is 9.59 Å². The number of ether oxygens (including phenoxy) is 1. The molecule has 8 heteroatoms. The van der Waals surface area contributed by atoms with Crippen molar-refractivity contribution in [2.24, 2.45) is 5.41 Å². The molecule has 1 atom stereocenters. The summed E-state index contributed by atoms with van der Waals surface area (Å²) in [5, 5.41) is 0. The zero-order valence-corrected chi connectivity index (χ0v) is 17.4. The molecule has 8 nitrogen and oxygen atoms in total. The van der Waals surface area contributed by atoms with Gasteiger partial charge in [0.15, 0.2) is 0 Å². The van der Waals surface area contributed by atoms with Crippen LogP contribution in [0, 0.1) is 12.3 Å². The minimum Gasteiger partial charge on any atom is -0.497 e. The van der Waals surface area contributed by atoms with Crippen LogP contribution in [0.2, 0.25) is 0 Å². The molecule has 4 rings (SSSR count). The zero-order valence-electron chi connectivity index (χ0n) is 17.4. The van der Waals surface area contributed by atoms with Crippen molar-refractivity contribution < 1.29 is 14.3 Å². The Balaban J connectivity index is 1.49. The van der Waals surface area contributed by atoms with Crippen LogP contribution >= 0.6 is 0 Å². The molecule has 2 N–H and O–H groups in total. The third kappa shape index (κ3) is 3.81. The van der Waals surface area contributed by atoms with Crippen molar-refractivity contribution in [1.82, 2.24) is 19.8 Å². The molecule has 0 aliphatic carbocycles. The van der Waals surface area contributed by atoms with Crippen LogP contribution in [0.4, 0.5) is 5.95 Å². The first-order chi connectivity index (χ1) is 14.4. The van der Waals surface area contributed by atoms with Gasteiger partial charge in [0.1, 0.15) is 11.4 Å². The number of carbonyl (C=O) groups is 2. The second kappa shape index (κ2) is 7.93. The number of methoxy groups -OCH3 is 1.